The summed E-state index contributed by atoms with van der Waals surface area (Å²) < 4.78 is 0. The Hall–Kier alpha value is 0.250. The molecule has 1 nitrogen and oxygen atoms in total. The fourth-order valence-corrected chi connectivity index (χ4v) is 2.10. The second kappa shape index (κ2) is 4.32. The minimum Gasteiger partial charge on any atom is -0.325 e. The van der Waals surface area contributed by atoms with Crippen molar-refractivity contribution in [3.8, 4) is 0 Å². The Morgan fingerprint density at radius 2 is 1.73 bits per heavy atom. The van der Waals surface area contributed by atoms with Gasteiger partial charge in [0, 0.05) is 5.54 Å². The summed E-state index contributed by atoms with van der Waals surface area (Å²) in [6, 6.07) is 0. The molecule has 1 saturated carbocycles. The van der Waals surface area contributed by atoms with E-state index in [1.54, 1.807) is 0 Å². The average molecular weight is 178 g/mol. The van der Waals surface area contributed by atoms with Crippen LogP contribution in [0.25, 0.3) is 0 Å². The summed E-state index contributed by atoms with van der Waals surface area (Å²) in [5.74, 6) is 0.767. The van der Waals surface area contributed by atoms with Crippen molar-refractivity contribution in [3.63, 3.8) is 0 Å². The highest BCUT2D eigenvalue weighted by atomic mass is 35.5. The molecule has 0 aromatic rings. The Morgan fingerprint density at radius 1 is 1.27 bits per heavy atom. The topological polar surface area (TPSA) is 26.0 Å². The molecule has 1 rings (SSSR count). The number of halogens is 1. The zero-order valence-electron chi connectivity index (χ0n) is 7.60. The highest BCUT2D eigenvalue weighted by Gasteiger charge is 2.29. The fraction of sp³-hybridized carbons (Fsp3) is 1.00. The van der Waals surface area contributed by atoms with Crippen LogP contribution in [-0.4, -0.2) is 5.54 Å². The first-order valence-corrected chi connectivity index (χ1v) is 4.41. The molecule has 0 aromatic heterocycles. The lowest BCUT2D eigenvalue weighted by Gasteiger charge is -2.25. The molecule has 2 heteroatoms. The van der Waals surface area contributed by atoms with Gasteiger partial charge in [0.15, 0.2) is 0 Å². The molecule has 0 atom stereocenters. The summed E-state index contributed by atoms with van der Waals surface area (Å²) in [6.07, 6.45) is 6.43. The molecule has 0 spiro atoms. The lowest BCUT2D eigenvalue weighted by atomic mass is 9.89. The normalized spacial score (nSPS) is 21.8. The SMILES string of the molecule is CC(C)CC1(N)CCCC1.Cl. The maximum atomic E-state index is 6.16. The monoisotopic (exact) mass is 177 g/mol. The zero-order valence-corrected chi connectivity index (χ0v) is 8.41. The molecular formula is C9H20ClN. The van der Waals surface area contributed by atoms with Crippen LogP contribution in [-0.2, 0) is 0 Å². The van der Waals surface area contributed by atoms with Gasteiger partial charge in [0.05, 0.1) is 0 Å². The molecule has 68 valence electrons. The van der Waals surface area contributed by atoms with Gasteiger partial charge < -0.3 is 5.73 Å². The fourth-order valence-electron chi connectivity index (χ4n) is 2.10. The van der Waals surface area contributed by atoms with Crippen LogP contribution in [0.4, 0.5) is 0 Å². The van der Waals surface area contributed by atoms with Gasteiger partial charge in [0.1, 0.15) is 0 Å². The quantitative estimate of drug-likeness (QED) is 0.690. The van der Waals surface area contributed by atoms with Crippen LogP contribution in [0.2, 0.25) is 0 Å². The Labute approximate surface area is 76.1 Å². The molecule has 0 unspecified atom stereocenters. The summed E-state index contributed by atoms with van der Waals surface area (Å²) in [6.45, 7) is 4.51. The van der Waals surface area contributed by atoms with Crippen LogP contribution >= 0.6 is 12.4 Å². The van der Waals surface area contributed by atoms with Gasteiger partial charge in [-0.2, -0.15) is 0 Å². The molecule has 0 radical (unpaired) electrons. The van der Waals surface area contributed by atoms with Gasteiger partial charge >= 0.3 is 0 Å². The molecule has 0 bridgehead atoms. The minimum atomic E-state index is 0. The smallest absolute Gasteiger partial charge is 0.0156 e. The predicted octanol–water partition coefficient (Wildman–Crippen LogP) is 2.73. The third-order valence-corrected chi connectivity index (χ3v) is 2.41. The van der Waals surface area contributed by atoms with Gasteiger partial charge in [-0.3, -0.25) is 0 Å². The average Bonchev–Trinajstić information content (AvgIpc) is 2.12. The van der Waals surface area contributed by atoms with E-state index in [2.05, 4.69) is 13.8 Å². The summed E-state index contributed by atoms with van der Waals surface area (Å²) in [7, 11) is 0. The molecule has 0 amide bonds. The van der Waals surface area contributed by atoms with Gasteiger partial charge in [-0.15, -0.1) is 12.4 Å². The third kappa shape index (κ3) is 3.44. The van der Waals surface area contributed by atoms with E-state index in [-0.39, 0.29) is 17.9 Å². The van der Waals surface area contributed by atoms with Crippen molar-refractivity contribution in [2.75, 3.05) is 0 Å². The second-order valence-corrected chi connectivity index (χ2v) is 4.17. The van der Waals surface area contributed by atoms with Crippen LogP contribution in [0.15, 0.2) is 0 Å². The molecule has 0 aromatic carbocycles. The van der Waals surface area contributed by atoms with E-state index in [0.29, 0.717) is 0 Å². The molecule has 1 fully saturated rings. The van der Waals surface area contributed by atoms with E-state index < -0.39 is 0 Å². The third-order valence-electron chi connectivity index (χ3n) is 2.41. The Kier molecular flexibility index (Phi) is 4.42. The Morgan fingerprint density at radius 3 is 2.09 bits per heavy atom. The minimum absolute atomic E-state index is 0. The summed E-state index contributed by atoms with van der Waals surface area (Å²) in [4.78, 5) is 0. The zero-order chi connectivity index (χ0) is 7.61. The van der Waals surface area contributed by atoms with E-state index in [1.165, 1.54) is 32.1 Å². The number of nitrogens with two attached hydrogens (primary N) is 1. The maximum Gasteiger partial charge on any atom is 0.0156 e. The van der Waals surface area contributed by atoms with Crippen LogP contribution in [0.3, 0.4) is 0 Å². The molecule has 11 heavy (non-hydrogen) atoms. The van der Waals surface area contributed by atoms with Crippen molar-refractivity contribution < 1.29 is 0 Å². The van der Waals surface area contributed by atoms with Crippen molar-refractivity contribution in [3.05, 3.63) is 0 Å². The van der Waals surface area contributed by atoms with E-state index in [1.807, 2.05) is 0 Å². The summed E-state index contributed by atoms with van der Waals surface area (Å²) >= 11 is 0. The van der Waals surface area contributed by atoms with Gasteiger partial charge in [-0.05, 0) is 25.2 Å². The van der Waals surface area contributed by atoms with Crippen LogP contribution in [0, 0.1) is 5.92 Å². The van der Waals surface area contributed by atoms with Crippen molar-refractivity contribution in [1.82, 2.24) is 0 Å². The van der Waals surface area contributed by atoms with E-state index >= 15 is 0 Å². The van der Waals surface area contributed by atoms with Gasteiger partial charge in [-0.25, -0.2) is 0 Å². The molecular weight excluding hydrogens is 158 g/mol. The highest BCUT2D eigenvalue weighted by Crippen LogP contribution is 2.32. The molecule has 0 saturated heterocycles. The number of rotatable bonds is 2. The predicted molar refractivity (Wildman–Crippen MR) is 52.1 cm³/mol. The maximum absolute atomic E-state index is 6.16. The summed E-state index contributed by atoms with van der Waals surface area (Å²) in [5.41, 5.74) is 6.38. The molecule has 2 N–H and O–H groups in total. The Bertz CT molecular complexity index is 106. The largest absolute Gasteiger partial charge is 0.325 e. The van der Waals surface area contributed by atoms with Crippen LogP contribution in [0.5, 0.6) is 0 Å². The molecule has 1 aliphatic rings. The lowest BCUT2D eigenvalue weighted by molar-refractivity contribution is 0.349. The first kappa shape index (κ1) is 11.2. The van der Waals surface area contributed by atoms with Crippen molar-refractivity contribution in [2.24, 2.45) is 11.7 Å². The van der Waals surface area contributed by atoms with Gasteiger partial charge in [0.25, 0.3) is 0 Å². The Balaban J connectivity index is 0.000001000. The molecule has 0 aliphatic heterocycles. The van der Waals surface area contributed by atoms with Crippen molar-refractivity contribution in [1.29, 1.82) is 0 Å². The van der Waals surface area contributed by atoms with Gasteiger partial charge in [0.2, 0.25) is 0 Å². The molecule has 0 heterocycles. The number of hydrogen-bond donors (Lipinski definition) is 1. The van der Waals surface area contributed by atoms with E-state index in [9.17, 15) is 0 Å². The summed E-state index contributed by atoms with van der Waals surface area (Å²) in [5, 5.41) is 0. The first-order chi connectivity index (χ1) is 4.62. The molecule has 1 aliphatic carbocycles. The van der Waals surface area contributed by atoms with E-state index in [0.717, 1.165) is 5.92 Å². The van der Waals surface area contributed by atoms with Gasteiger partial charge in [-0.1, -0.05) is 26.7 Å². The second-order valence-electron chi connectivity index (χ2n) is 4.17. The first-order valence-electron chi connectivity index (χ1n) is 4.41. The highest BCUT2D eigenvalue weighted by molar-refractivity contribution is 5.85. The standard InChI is InChI=1S/C9H19N.ClH/c1-8(2)7-9(10)5-3-4-6-9;/h8H,3-7,10H2,1-2H3;1H. The number of hydrogen-bond acceptors (Lipinski definition) is 1. The van der Waals surface area contributed by atoms with Crippen LogP contribution < -0.4 is 5.73 Å². The lowest BCUT2D eigenvalue weighted by Crippen LogP contribution is -2.37. The van der Waals surface area contributed by atoms with Crippen LogP contribution in [0.1, 0.15) is 46.0 Å². The van der Waals surface area contributed by atoms with Crippen molar-refractivity contribution >= 4 is 12.4 Å². The van der Waals surface area contributed by atoms with E-state index in [4.69, 9.17) is 5.73 Å². The van der Waals surface area contributed by atoms with Crippen molar-refractivity contribution in [2.45, 2.75) is 51.5 Å².